The van der Waals surface area contributed by atoms with Crippen molar-refractivity contribution in [2.24, 2.45) is 0 Å². The molecule has 0 saturated carbocycles. The van der Waals surface area contributed by atoms with Crippen LogP contribution in [-0.4, -0.2) is 72.3 Å². The molecule has 4 rings (SSSR count). The summed E-state index contributed by atoms with van der Waals surface area (Å²) in [5.41, 5.74) is 2.06. The van der Waals surface area contributed by atoms with E-state index in [4.69, 9.17) is 14.2 Å². The zero-order chi connectivity index (χ0) is 31.0. The molecule has 2 N–H and O–H groups in total. The molecule has 1 amide bonds. The number of nitrogens with zero attached hydrogens (tertiary/aromatic N) is 1. The summed E-state index contributed by atoms with van der Waals surface area (Å²) in [6.45, 7) is 7.06. The number of rotatable bonds is 11. The van der Waals surface area contributed by atoms with E-state index in [1.807, 2.05) is 93.6 Å². The maximum atomic E-state index is 13.0. The van der Waals surface area contributed by atoms with Gasteiger partial charge in [-0.25, -0.2) is 4.79 Å². The number of ether oxygens (including phenoxy) is 3. The van der Waals surface area contributed by atoms with Crippen molar-refractivity contribution in [1.29, 1.82) is 0 Å². The molecule has 0 radical (unpaired) electrons. The molecule has 0 bridgehead atoms. The van der Waals surface area contributed by atoms with Crippen molar-refractivity contribution >= 4 is 23.8 Å². The van der Waals surface area contributed by atoms with Crippen LogP contribution in [0, 0.1) is 0 Å². The first-order valence-electron chi connectivity index (χ1n) is 14.5. The van der Waals surface area contributed by atoms with Crippen LogP contribution < -0.4 is 14.8 Å². The molecule has 1 unspecified atom stereocenters. The Bertz CT molecular complexity index is 1350. The predicted molar refractivity (Wildman–Crippen MR) is 170 cm³/mol. The number of nitrogens with one attached hydrogen (secondary N) is 1. The monoisotopic (exact) mass is 606 g/mol. The van der Waals surface area contributed by atoms with E-state index in [2.05, 4.69) is 5.32 Å². The van der Waals surface area contributed by atoms with Gasteiger partial charge in [-0.2, -0.15) is 0 Å². The molecule has 1 heterocycles. The van der Waals surface area contributed by atoms with Crippen LogP contribution in [0.15, 0.2) is 77.7 Å². The molecule has 0 spiro atoms. The topological polar surface area (TPSA) is 97.3 Å². The van der Waals surface area contributed by atoms with Gasteiger partial charge in [-0.05, 0) is 75.4 Å². The predicted octanol–water partition coefficient (Wildman–Crippen LogP) is 6.52. The lowest BCUT2D eigenvalue weighted by Crippen LogP contribution is -2.56. The molecule has 1 saturated heterocycles. The molecule has 3 aromatic carbocycles. The summed E-state index contributed by atoms with van der Waals surface area (Å²) in [6.07, 6.45) is 1.60. The van der Waals surface area contributed by atoms with Crippen LogP contribution in [0.5, 0.6) is 11.5 Å². The highest BCUT2D eigenvalue weighted by Crippen LogP contribution is 2.40. The average Bonchev–Trinajstić information content (AvgIpc) is 2.98. The van der Waals surface area contributed by atoms with E-state index >= 15 is 0 Å². The molecule has 1 fully saturated rings. The number of likely N-dealkylation sites (tertiary alicyclic amines) is 1. The fraction of sp³-hybridized carbons (Fsp3) is 0.412. The number of hydrogen-bond donors (Lipinski definition) is 2. The number of carboxylic acids is 1. The standard InChI is InChI=1S/C34H42N2O6S/c1-33(2,3)42-32(39)36-20-10-19-34(23-36,43-26-11-7-6-8-12-26)22-35-27(31(37)38)21-24-15-17-25(18-16-24)30-28(40-4)13-9-14-29(30)41-5/h6-9,11-18,27,35H,10,19-23H2,1-5H3,(H,37,38)/t27-,34?/m0/s1. The number of hydrogen-bond acceptors (Lipinski definition) is 7. The zero-order valence-corrected chi connectivity index (χ0v) is 26.4. The fourth-order valence-electron chi connectivity index (χ4n) is 5.32. The number of benzene rings is 3. The van der Waals surface area contributed by atoms with E-state index in [1.165, 1.54) is 0 Å². The van der Waals surface area contributed by atoms with Crippen LogP contribution in [0.25, 0.3) is 11.1 Å². The molecule has 1 aliphatic rings. The second-order valence-electron chi connectivity index (χ2n) is 11.8. The van der Waals surface area contributed by atoms with Crippen LogP contribution >= 0.6 is 11.8 Å². The van der Waals surface area contributed by atoms with Crippen LogP contribution in [0.4, 0.5) is 4.79 Å². The Labute approximate surface area is 258 Å². The van der Waals surface area contributed by atoms with Crippen molar-refractivity contribution in [3.8, 4) is 22.6 Å². The van der Waals surface area contributed by atoms with Crippen LogP contribution in [0.2, 0.25) is 0 Å². The van der Waals surface area contributed by atoms with Gasteiger partial charge in [0.1, 0.15) is 23.1 Å². The summed E-state index contributed by atoms with van der Waals surface area (Å²) in [5.74, 6) is 0.479. The van der Waals surface area contributed by atoms with Crippen LogP contribution in [-0.2, 0) is 16.0 Å². The van der Waals surface area contributed by atoms with Gasteiger partial charge in [0.25, 0.3) is 0 Å². The number of piperidine rings is 1. The van der Waals surface area contributed by atoms with Gasteiger partial charge in [0.2, 0.25) is 0 Å². The molecular formula is C34H42N2O6S. The van der Waals surface area contributed by atoms with E-state index in [9.17, 15) is 14.7 Å². The summed E-state index contributed by atoms with van der Waals surface area (Å²) >= 11 is 1.69. The fourth-order valence-corrected chi connectivity index (χ4v) is 6.73. The second-order valence-corrected chi connectivity index (χ2v) is 13.4. The maximum Gasteiger partial charge on any atom is 0.410 e. The number of carbonyl (C=O) groups excluding carboxylic acids is 1. The quantitative estimate of drug-likeness (QED) is 0.255. The normalized spacial score (nSPS) is 17.7. The second kappa shape index (κ2) is 14.2. The van der Waals surface area contributed by atoms with Crippen molar-refractivity contribution in [3.05, 3.63) is 78.4 Å². The number of amides is 1. The SMILES string of the molecule is COc1cccc(OC)c1-c1ccc(C[C@H](NCC2(Sc3ccccc3)CCCN(C(=O)OC(C)(C)C)C2)C(=O)O)cc1. The highest BCUT2D eigenvalue weighted by atomic mass is 32.2. The van der Waals surface area contributed by atoms with E-state index in [0.29, 0.717) is 37.6 Å². The number of carboxylic acid groups (broad SMARTS) is 1. The summed E-state index contributed by atoms with van der Waals surface area (Å²) < 4.78 is 16.4. The van der Waals surface area contributed by atoms with E-state index in [1.54, 1.807) is 30.9 Å². The van der Waals surface area contributed by atoms with Crippen LogP contribution in [0.1, 0.15) is 39.2 Å². The van der Waals surface area contributed by atoms with Crippen molar-refractivity contribution in [2.45, 2.75) is 61.3 Å². The first-order chi connectivity index (χ1) is 20.5. The molecule has 9 heteroatoms. The van der Waals surface area contributed by atoms with E-state index in [-0.39, 0.29) is 6.09 Å². The van der Waals surface area contributed by atoms with Gasteiger partial charge >= 0.3 is 12.1 Å². The average molecular weight is 607 g/mol. The molecule has 0 aliphatic carbocycles. The summed E-state index contributed by atoms with van der Waals surface area (Å²) in [6, 6.07) is 22.7. The van der Waals surface area contributed by atoms with Gasteiger partial charge in [0.15, 0.2) is 0 Å². The lowest BCUT2D eigenvalue weighted by atomic mass is 9.95. The third-order valence-corrected chi connectivity index (χ3v) is 8.77. The number of aliphatic carboxylic acids is 1. The van der Waals surface area contributed by atoms with Gasteiger partial charge < -0.3 is 29.5 Å². The van der Waals surface area contributed by atoms with Crippen molar-refractivity contribution in [2.75, 3.05) is 33.9 Å². The minimum atomic E-state index is -0.921. The Morgan fingerprint density at radius 1 is 0.977 bits per heavy atom. The smallest absolute Gasteiger partial charge is 0.410 e. The number of carbonyl (C=O) groups is 2. The highest BCUT2D eigenvalue weighted by molar-refractivity contribution is 8.00. The molecule has 0 aromatic heterocycles. The van der Waals surface area contributed by atoms with Gasteiger partial charge in [-0.15, -0.1) is 11.8 Å². The van der Waals surface area contributed by atoms with Gasteiger partial charge in [-0.1, -0.05) is 48.5 Å². The summed E-state index contributed by atoms with van der Waals surface area (Å²) in [7, 11) is 3.25. The molecule has 230 valence electrons. The third-order valence-electron chi connectivity index (χ3n) is 7.35. The van der Waals surface area contributed by atoms with Crippen molar-refractivity contribution < 1.29 is 28.9 Å². The largest absolute Gasteiger partial charge is 0.496 e. The molecular weight excluding hydrogens is 564 g/mol. The van der Waals surface area contributed by atoms with Crippen LogP contribution in [0.3, 0.4) is 0 Å². The molecule has 1 aliphatic heterocycles. The number of methoxy groups -OCH3 is 2. The molecule has 2 atom stereocenters. The minimum Gasteiger partial charge on any atom is -0.496 e. The summed E-state index contributed by atoms with van der Waals surface area (Å²) in [5, 5.41) is 13.5. The first-order valence-corrected chi connectivity index (χ1v) is 15.3. The Morgan fingerprint density at radius 2 is 1.63 bits per heavy atom. The molecule has 43 heavy (non-hydrogen) atoms. The molecule has 3 aromatic rings. The highest BCUT2D eigenvalue weighted by Gasteiger charge is 2.40. The Kier molecular flexibility index (Phi) is 10.6. The first kappa shape index (κ1) is 32.2. The van der Waals surface area contributed by atoms with Gasteiger partial charge in [-0.3, -0.25) is 4.79 Å². The third kappa shape index (κ3) is 8.67. The van der Waals surface area contributed by atoms with Gasteiger partial charge in [0, 0.05) is 24.5 Å². The Balaban J connectivity index is 1.52. The lowest BCUT2D eigenvalue weighted by Gasteiger charge is -2.43. The number of thioether (sulfide) groups is 1. The molecule has 8 nitrogen and oxygen atoms in total. The zero-order valence-electron chi connectivity index (χ0n) is 25.6. The van der Waals surface area contributed by atoms with Gasteiger partial charge in [0.05, 0.1) is 24.5 Å². The summed E-state index contributed by atoms with van der Waals surface area (Å²) in [4.78, 5) is 28.3. The van der Waals surface area contributed by atoms with E-state index < -0.39 is 22.4 Å². The maximum absolute atomic E-state index is 13.0. The Morgan fingerprint density at radius 3 is 2.21 bits per heavy atom. The minimum absolute atomic E-state index is 0.306. The van der Waals surface area contributed by atoms with E-state index in [0.717, 1.165) is 34.4 Å². The Hall–Kier alpha value is -3.69. The lowest BCUT2D eigenvalue weighted by molar-refractivity contribution is -0.139. The van der Waals surface area contributed by atoms with Crippen molar-refractivity contribution in [3.63, 3.8) is 0 Å². The van der Waals surface area contributed by atoms with Crippen molar-refractivity contribution in [1.82, 2.24) is 10.2 Å².